The first-order chi connectivity index (χ1) is 7.18. The highest BCUT2D eigenvalue weighted by Gasteiger charge is 2.12. The summed E-state index contributed by atoms with van der Waals surface area (Å²) in [5, 5.41) is 1.89. The monoisotopic (exact) mass is 217 g/mol. The number of nitrogens with zero attached hydrogens (tertiary/aromatic N) is 1. The van der Waals surface area contributed by atoms with Crippen LogP contribution in [0.5, 0.6) is 0 Å². The molecule has 0 N–H and O–H groups in total. The van der Waals surface area contributed by atoms with Gasteiger partial charge in [0.25, 0.3) is 0 Å². The summed E-state index contributed by atoms with van der Waals surface area (Å²) >= 11 is 1.59. The van der Waals surface area contributed by atoms with Crippen LogP contribution < -0.4 is 0 Å². The number of thiophene rings is 1. The van der Waals surface area contributed by atoms with E-state index >= 15 is 0 Å². The van der Waals surface area contributed by atoms with Crippen molar-refractivity contribution in [3.63, 3.8) is 0 Å². The van der Waals surface area contributed by atoms with Gasteiger partial charge < -0.3 is 0 Å². The minimum atomic E-state index is 0.0601. The van der Waals surface area contributed by atoms with Crippen LogP contribution in [0.4, 0.5) is 0 Å². The zero-order valence-corrected chi connectivity index (χ0v) is 9.47. The molecule has 0 aliphatic rings. The summed E-state index contributed by atoms with van der Waals surface area (Å²) in [6.45, 7) is 3.92. The van der Waals surface area contributed by atoms with E-state index in [9.17, 15) is 4.79 Å². The minimum absolute atomic E-state index is 0.0601. The lowest BCUT2D eigenvalue weighted by atomic mass is 10.0. The summed E-state index contributed by atoms with van der Waals surface area (Å²) in [7, 11) is 0. The molecule has 0 bridgehead atoms. The van der Waals surface area contributed by atoms with Gasteiger partial charge in [-0.2, -0.15) is 0 Å². The molecule has 76 valence electrons. The minimum Gasteiger partial charge on any atom is -0.289 e. The molecule has 0 spiro atoms. The number of rotatable bonds is 2. The molecule has 15 heavy (non-hydrogen) atoms. The van der Waals surface area contributed by atoms with Crippen molar-refractivity contribution in [2.24, 2.45) is 0 Å². The van der Waals surface area contributed by atoms with Crippen LogP contribution in [0.15, 0.2) is 29.9 Å². The number of aromatic nitrogens is 1. The smallest absolute Gasteiger partial charge is 0.195 e. The van der Waals surface area contributed by atoms with Crippen LogP contribution in [0.25, 0.3) is 0 Å². The lowest BCUT2D eigenvalue weighted by Gasteiger charge is -2.01. The van der Waals surface area contributed by atoms with Gasteiger partial charge in [0.2, 0.25) is 0 Å². The number of aryl methyl sites for hydroxylation is 2. The zero-order valence-electron chi connectivity index (χ0n) is 8.65. The predicted octanol–water partition coefficient (Wildman–Crippen LogP) is 2.99. The Hall–Kier alpha value is -1.48. The Balaban J connectivity index is 2.41. The lowest BCUT2D eigenvalue weighted by molar-refractivity contribution is 0.103. The summed E-state index contributed by atoms with van der Waals surface area (Å²) in [4.78, 5) is 17.2. The van der Waals surface area contributed by atoms with Gasteiger partial charge in [-0.25, -0.2) is 0 Å². The third-order valence-electron chi connectivity index (χ3n) is 2.28. The van der Waals surface area contributed by atoms with Crippen molar-refractivity contribution in [3.8, 4) is 0 Å². The first-order valence-electron chi connectivity index (χ1n) is 4.69. The van der Waals surface area contributed by atoms with Crippen molar-refractivity contribution < 1.29 is 4.79 Å². The Labute approximate surface area is 92.6 Å². The van der Waals surface area contributed by atoms with Crippen LogP contribution in [0, 0.1) is 13.8 Å². The van der Waals surface area contributed by atoms with Gasteiger partial charge >= 0.3 is 0 Å². The number of carbonyl (C=O) groups excluding carboxylic acids is 1. The van der Waals surface area contributed by atoms with Crippen molar-refractivity contribution in [2.75, 3.05) is 0 Å². The average molecular weight is 217 g/mol. The van der Waals surface area contributed by atoms with Crippen molar-refractivity contribution in [3.05, 3.63) is 51.5 Å². The van der Waals surface area contributed by atoms with Gasteiger partial charge in [0.1, 0.15) is 0 Å². The van der Waals surface area contributed by atoms with Crippen LogP contribution >= 0.6 is 11.3 Å². The average Bonchev–Trinajstić information content (AvgIpc) is 2.65. The van der Waals surface area contributed by atoms with E-state index in [2.05, 4.69) is 4.98 Å². The summed E-state index contributed by atoms with van der Waals surface area (Å²) in [5.41, 5.74) is 2.42. The molecule has 2 nitrogen and oxygen atoms in total. The van der Waals surface area contributed by atoms with Gasteiger partial charge in [0.15, 0.2) is 5.78 Å². The summed E-state index contributed by atoms with van der Waals surface area (Å²) < 4.78 is 0. The number of pyridine rings is 1. The lowest BCUT2D eigenvalue weighted by Crippen LogP contribution is -2.02. The first-order valence-corrected chi connectivity index (χ1v) is 5.57. The highest BCUT2D eigenvalue weighted by molar-refractivity contribution is 7.10. The first kappa shape index (κ1) is 10.1. The molecule has 0 aliphatic carbocycles. The molecule has 0 aromatic carbocycles. The van der Waals surface area contributed by atoms with E-state index < -0.39 is 0 Å². The summed E-state index contributed by atoms with van der Waals surface area (Å²) in [6, 6.07) is 3.77. The van der Waals surface area contributed by atoms with Crippen LogP contribution in [0.3, 0.4) is 0 Å². The van der Waals surface area contributed by atoms with E-state index in [1.807, 2.05) is 31.4 Å². The maximum atomic E-state index is 12.0. The predicted molar refractivity (Wildman–Crippen MR) is 61.5 cm³/mol. The molecule has 0 saturated carbocycles. The Morgan fingerprint density at radius 2 is 2.20 bits per heavy atom. The number of carbonyl (C=O) groups is 1. The molecule has 0 aliphatic heterocycles. The van der Waals surface area contributed by atoms with Crippen molar-refractivity contribution >= 4 is 17.1 Å². The maximum absolute atomic E-state index is 12.0. The molecule has 0 atom stereocenters. The second-order valence-electron chi connectivity index (χ2n) is 3.47. The van der Waals surface area contributed by atoms with Gasteiger partial charge in [-0.15, -0.1) is 11.3 Å². The Kier molecular flexibility index (Phi) is 2.64. The van der Waals surface area contributed by atoms with E-state index in [1.165, 1.54) is 0 Å². The molecule has 0 unspecified atom stereocenters. The molecule has 0 fully saturated rings. The van der Waals surface area contributed by atoms with Gasteiger partial charge in [-0.05, 0) is 31.5 Å². The fourth-order valence-corrected chi connectivity index (χ4v) is 2.10. The fraction of sp³-hybridized carbons (Fsp3) is 0.167. The molecule has 2 aromatic rings. The van der Waals surface area contributed by atoms with E-state index in [1.54, 1.807) is 23.7 Å². The quantitative estimate of drug-likeness (QED) is 0.724. The maximum Gasteiger partial charge on any atom is 0.195 e. The molecule has 2 aromatic heterocycles. The molecular formula is C12H11NOS. The van der Waals surface area contributed by atoms with E-state index in [0.29, 0.717) is 5.56 Å². The molecule has 0 radical (unpaired) electrons. The standard InChI is InChI=1S/C12H11NOS/c1-8-3-4-13-6-11(8)12(14)10-5-9(2)15-7-10/h3-7H,1-2H3. The number of hydrogen-bond donors (Lipinski definition) is 0. The van der Waals surface area contributed by atoms with Crippen LogP contribution in [-0.2, 0) is 0 Å². The van der Waals surface area contributed by atoms with Crippen LogP contribution in [-0.4, -0.2) is 10.8 Å². The summed E-state index contributed by atoms with van der Waals surface area (Å²) in [6.07, 6.45) is 3.33. The third kappa shape index (κ3) is 1.97. The molecule has 3 heteroatoms. The van der Waals surface area contributed by atoms with Crippen molar-refractivity contribution in [2.45, 2.75) is 13.8 Å². The molecule has 0 amide bonds. The van der Waals surface area contributed by atoms with Gasteiger partial charge in [0.05, 0.1) is 0 Å². The third-order valence-corrected chi connectivity index (χ3v) is 3.14. The molecule has 0 saturated heterocycles. The van der Waals surface area contributed by atoms with Crippen molar-refractivity contribution in [1.82, 2.24) is 4.98 Å². The van der Waals surface area contributed by atoms with E-state index in [4.69, 9.17) is 0 Å². The summed E-state index contributed by atoms with van der Waals surface area (Å²) in [5.74, 6) is 0.0601. The van der Waals surface area contributed by atoms with Crippen LogP contribution in [0.1, 0.15) is 26.4 Å². The van der Waals surface area contributed by atoms with Crippen LogP contribution in [0.2, 0.25) is 0 Å². The Bertz CT molecular complexity index is 502. The SMILES string of the molecule is Cc1cc(C(=O)c2cnccc2C)cs1. The zero-order chi connectivity index (χ0) is 10.8. The normalized spacial score (nSPS) is 10.3. The van der Waals surface area contributed by atoms with Crippen molar-refractivity contribution in [1.29, 1.82) is 0 Å². The topological polar surface area (TPSA) is 30.0 Å². The number of hydrogen-bond acceptors (Lipinski definition) is 3. The fourth-order valence-electron chi connectivity index (χ4n) is 1.42. The van der Waals surface area contributed by atoms with Gasteiger partial charge in [-0.1, -0.05) is 0 Å². The molecular weight excluding hydrogens is 206 g/mol. The highest BCUT2D eigenvalue weighted by atomic mass is 32.1. The highest BCUT2D eigenvalue weighted by Crippen LogP contribution is 2.18. The Morgan fingerprint density at radius 3 is 2.80 bits per heavy atom. The van der Waals surface area contributed by atoms with E-state index in [-0.39, 0.29) is 5.78 Å². The molecule has 2 heterocycles. The Morgan fingerprint density at radius 1 is 1.40 bits per heavy atom. The second-order valence-corrected chi connectivity index (χ2v) is 4.58. The van der Waals surface area contributed by atoms with E-state index in [0.717, 1.165) is 16.0 Å². The number of ketones is 1. The molecule has 2 rings (SSSR count). The second kappa shape index (κ2) is 3.95. The van der Waals surface area contributed by atoms with Gasteiger partial charge in [-0.3, -0.25) is 9.78 Å². The largest absolute Gasteiger partial charge is 0.289 e. The van der Waals surface area contributed by atoms with Gasteiger partial charge in [0, 0.05) is 33.8 Å².